The average molecular weight is 493 g/mol. The monoisotopic (exact) mass is 492 g/mol. The molecule has 1 amide bonds. The molecule has 0 atom stereocenters. The van der Waals surface area contributed by atoms with E-state index in [1.807, 2.05) is 69.3 Å². The molecule has 4 aromatic rings. The number of carbonyl (C=O) groups is 1. The molecule has 0 radical (unpaired) electrons. The number of hydrogen-bond acceptors (Lipinski definition) is 10. The largest absolute Gasteiger partial charge is 0.491 e. The summed E-state index contributed by atoms with van der Waals surface area (Å²) in [5.41, 5.74) is 10.8. The van der Waals surface area contributed by atoms with Crippen molar-refractivity contribution in [3.63, 3.8) is 0 Å². The molecule has 180 valence electrons. The van der Waals surface area contributed by atoms with E-state index in [1.165, 1.54) is 22.7 Å². The Hall–Kier alpha value is -4.19. The van der Waals surface area contributed by atoms with Crippen molar-refractivity contribution in [3.8, 4) is 11.6 Å². The second-order valence-electron chi connectivity index (χ2n) is 7.81. The normalized spacial score (nSPS) is 11.3. The number of nitrogens with zero attached hydrogens (tertiary/aromatic N) is 6. The van der Waals surface area contributed by atoms with Gasteiger partial charge in [0, 0.05) is 10.6 Å². The number of carbonyl (C=O) groups excluding carboxylic acids is 1. The zero-order valence-electron chi connectivity index (χ0n) is 19.4. The molecule has 0 aliphatic rings. The topological polar surface area (TPSA) is 146 Å². The number of thioether (sulfide) groups is 1. The third-order valence-electron chi connectivity index (χ3n) is 4.70. The lowest BCUT2D eigenvalue weighted by Crippen LogP contribution is -2.20. The minimum absolute atomic E-state index is 0.0337. The highest BCUT2D eigenvalue weighted by Crippen LogP contribution is 2.26. The van der Waals surface area contributed by atoms with Gasteiger partial charge in [-0.1, -0.05) is 22.9 Å². The molecule has 0 unspecified atom stereocenters. The SMILES string of the molecule is Cc1ccc(SCc2c(C(=O)NN=Cc3ccc(OC(C)C)cc3)nnn2-c2nonc2N)cc1. The van der Waals surface area contributed by atoms with E-state index in [0.29, 0.717) is 11.4 Å². The third kappa shape index (κ3) is 6.03. The van der Waals surface area contributed by atoms with Crippen molar-refractivity contribution in [1.82, 2.24) is 30.7 Å². The lowest BCUT2D eigenvalue weighted by molar-refractivity contribution is 0.0949. The molecule has 2 aromatic heterocycles. The van der Waals surface area contributed by atoms with E-state index in [0.717, 1.165) is 21.8 Å². The number of ether oxygens (including phenoxy) is 1. The van der Waals surface area contributed by atoms with Crippen molar-refractivity contribution in [3.05, 3.63) is 71.0 Å². The first kappa shape index (κ1) is 24.0. The van der Waals surface area contributed by atoms with Crippen molar-refractivity contribution in [2.75, 3.05) is 5.73 Å². The Bertz CT molecular complexity index is 1310. The molecular weight excluding hydrogens is 468 g/mol. The van der Waals surface area contributed by atoms with Crippen LogP contribution in [0.1, 0.15) is 41.2 Å². The van der Waals surface area contributed by atoms with Crippen molar-refractivity contribution in [2.45, 2.75) is 37.5 Å². The van der Waals surface area contributed by atoms with E-state index in [2.05, 4.69) is 31.2 Å². The number of aromatic nitrogens is 5. The smallest absolute Gasteiger partial charge is 0.293 e. The number of nitrogen functional groups attached to an aromatic ring is 1. The van der Waals surface area contributed by atoms with E-state index in [4.69, 9.17) is 15.1 Å². The Balaban J connectivity index is 1.51. The van der Waals surface area contributed by atoms with Crippen LogP contribution >= 0.6 is 11.8 Å². The van der Waals surface area contributed by atoms with E-state index in [-0.39, 0.29) is 23.4 Å². The van der Waals surface area contributed by atoms with Crippen LogP contribution in [0.25, 0.3) is 5.82 Å². The molecule has 0 saturated carbocycles. The van der Waals surface area contributed by atoms with Crippen molar-refractivity contribution in [1.29, 1.82) is 0 Å². The quantitative estimate of drug-likeness (QED) is 0.204. The summed E-state index contributed by atoms with van der Waals surface area (Å²) in [6.45, 7) is 5.94. The summed E-state index contributed by atoms with van der Waals surface area (Å²) < 4.78 is 11.7. The Morgan fingerprint density at radius 3 is 2.60 bits per heavy atom. The lowest BCUT2D eigenvalue weighted by Gasteiger charge is -2.09. The molecule has 12 heteroatoms. The number of aryl methyl sites for hydroxylation is 1. The Labute approximate surface area is 205 Å². The second-order valence-corrected chi connectivity index (χ2v) is 8.85. The van der Waals surface area contributed by atoms with Gasteiger partial charge < -0.3 is 10.5 Å². The fraction of sp³-hybridized carbons (Fsp3) is 0.217. The number of nitrogens with one attached hydrogen (secondary N) is 1. The number of anilines is 1. The van der Waals surface area contributed by atoms with Gasteiger partial charge in [-0.05, 0) is 73.0 Å². The maximum absolute atomic E-state index is 12.9. The second kappa shape index (κ2) is 10.8. The van der Waals surface area contributed by atoms with Crippen LogP contribution in [0.5, 0.6) is 5.75 Å². The minimum Gasteiger partial charge on any atom is -0.491 e. The molecule has 0 saturated heterocycles. The van der Waals surface area contributed by atoms with Crippen LogP contribution in [0.15, 0.2) is 63.2 Å². The van der Waals surface area contributed by atoms with Gasteiger partial charge in [-0.15, -0.1) is 16.9 Å². The molecule has 0 spiro atoms. The van der Waals surface area contributed by atoms with Gasteiger partial charge in [0.2, 0.25) is 11.6 Å². The summed E-state index contributed by atoms with van der Waals surface area (Å²) in [4.78, 5) is 13.9. The van der Waals surface area contributed by atoms with Gasteiger partial charge in [0.25, 0.3) is 5.91 Å². The zero-order chi connectivity index (χ0) is 24.8. The maximum atomic E-state index is 12.9. The molecule has 35 heavy (non-hydrogen) atoms. The fourth-order valence-electron chi connectivity index (χ4n) is 3.02. The van der Waals surface area contributed by atoms with E-state index in [1.54, 1.807) is 0 Å². The average Bonchev–Trinajstić information content (AvgIpc) is 3.45. The molecule has 0 bridgehead atoms. The molecule has 3 N–H and O–H groups in total. The molecule has 0 aliphatic heterocycles. The first-order valence-electron chi connectivity index (χ1n) is 10.7. The van der Waals surface area contributed by atoms with Crippen LogP contribution in [0.3, 0.4) is 0 Å². The van der Waals surface area contributed by atoms with Crippen LogP contribution in [-0.4, -0.2) is 43.5 Å². The van der Waals surface area contributed by atoms with Gasteiger partial charge >= 0.3 is 0 Å². The summed E-state index contributed by atoms with van der Waals surface area (Å²) in [6.07, 6.45) is 1.62. The molecule has 2 heterocycles. The maximum Gasteiger partial charge on any atom is 0.293 e. The van der Waals surface area contributed by atoms with Gasteiger partial charge in [-0.3, -0.25) is 4.79 Å². The lowest BCUT2D eigenvalue weighted by atomic mass is 10.2. The zero-order valence-corrected chi connectivity index (χ0v) is 20.2. The van der Waals surface area contributed by atoms with Crippen LogP contribution in [-0.2, 0) is 5.75 Å². The Morgan fingerprint density at radius 1 is 1.20 bits per heavy atom. The number of amides is 1. The number of hydrazone groups is 1. The van der Waals surface area contributed by atoms with E-state index < -0.39 is 5.91 Å². The summed E-state index contributed by atoms with van der Waals surface area (Å²) in [5, 5.41) is 19.5. The molecular formula is C23H24N8O3S. The number of rotatable bonds is 9. The van der Waals surface area contributed by atoms with Gasteiger partial charge in [-0.2, -0.15) is 9.78 Å². The Kier molecular flexibility index (Phi) is 7.41. The molecule has 4 rings (SSSR count). The van der Waals surface area contributed by atoms with Crippen LogP contribution in [0, 0.1) is 6.92 Å². The summed E-state index contributed by atoms with van der Waals surface area (Å²) in [6, 6.07) is 15.4. The molecule has 2 aromatic carbocycles. The number of nitrogens with two attached hydrogens (primary N) is 1. The fourth-order valence-corrected chi connectivity index (χ4v) is 3.92. The summed E-state index contributed by atoms with van der Waals surface area (Å²) in [7, 11) is 0. The molecule has 0 aliphatic carbocycles. The van der Waals surface area contributed by atoms with Crippen molar-refractivity contribution < 1.29 is 14.2 Å². The standard InChI is InChI=1S/C23H24N8O3S/c1-14(2)33-17-8-6-16(7-9-17)12-25-27-23(32)20-19(13-35-18-10-4-15(3)5-11-18)31(30-26-20)22-21(24)28-34-29-22/h4-12,14H,13H2,1-3H3,(H2,24,28)(H,27,32). The van der Waals surface area contributed by atoms with Gasteiger partial charge in [0.05, 0.1) is 18.0 Å². The molecule has 0 fully saturated rings. The van der Waals surface area contributed by atoms with Crippen LogP contribution in [0.4, 0.5) is 5.82 Å². The first-order chi connectivity index (χ1) is 16.9. The highest BCUT2D eigenvalue weighted by Gasteiger charge is 2.24. The van der Waals surface area contributed by atoms with Gasteiger partial charge in [0.1, 0.15) is 5.75 Å². The van der Waals surface area contributed by atoms with Gasteiger partial charge in [-0.25, -0.2) is 10.1 Å². The van der Waals surface area contributed by atoms with E-state index >= 15 is 0 Å². The highest BCUT2D eigenvalue weighted by atomic mass is 32.2. The minimum atomic E-state index is -0.526. The predicted octanol–water partition coefficient (Wildman–Crippen LogP) is 3.38. The van der Waals surface area contributed by atoms with Crippen LogP contribution in [0.2, 0.25) is 0 Å². The first-order valence-corrected chi connectivity index (χ1v) is 11.7. The summed E-state index contributed by atoms with van der Waals surface area (Å²) >= 11 is 1.51. The van der Waals surface area contributed by atoms with Gasteiger partial charge in [0.15, 0.2) is 5.69 Å². The number of hydrogen-bond donors (Lipinski definition) is 2. The van der Waals surface area contributed by atoms with E-state index in [9.17, 15) is 4.79 Å². The highest BCUT2D eigenvalue weighted by molar-refractivity contribution is 7.98. The predicted molar refractivity (Wildman–Crippen MR) is 132 cm³/mol. The van der Waals surface area contributed by atoms with Crippen molar-refractivity contribution in [2.24, 2.45) is 5.10 Å². The van der Waals surface area contributed by atoms with Crippen molar-refractivity contribution >= 4 is 29.7 Å². The molecule has 11 nitrogen and oxygen atoms in total. The summed E-state index contributed by atoms with van der Waals surface area (Å²) in [5.74, 6) is 0.790. The Morgan fingerprint density at radius 2 is 1.94 bits per heavy atom. The third-order valence-corrected chi connectivity index (χ3v) is 5.73. The van der Waals surface area contributed by atoms with Crippen LogP contribution < -0.4 is 15.9 Å². The number of benzene rings is 2.